The fourth-order valence-corrected chi connectivity index (χ4v) is 3.14. The second-order valence-corrected chi connectivity index (χ2v) is 6.68. The van der Waals surface area contributed by atoms with Gasteiger partial charge < -0.3 is 4.90 Å². The Hall–Kier alpha value is -3.87. The van der Waals surface area contributed by atoms with Crippen LogP contribution in [0.5, 0.6) is 0 Å². The number of amides is 1. The van der Waals surface area contributed by atoms with E-state index in [1.165, 1.54) is 11.8 Å². The van der Waals surface area contributed by atoms with Crippen molar-refractivity contribution in [3.63, 3.8) is 0 Å². The Morgan fingerprint density at radius 1 is 1.10 bits per heavy atom. The zero-order chi connectivity index (χ0) is 20.4. The van der Waals surface area contributed by atoms with E-state index >= 15 is 0 Å². The monoisotopic (exact) mass is 385 g/mol. The van der Waals surface area contributed by atoms with E-state index < -0.39 is 0 Å². The van der Waals surface area contributed by atoms with Crippen LogP contribution >= 0.6 is 0 Å². The van der Waals surface area contributed by atoms with Crippen molar-refractivity contribution in [2.24, 2.45) is 0 Å². The van der Waals surface area contributed by atoms with Gasteiger partial charge in [-0.2, -0.15) is 0 Å². The summed E-state index contributed by atoms with van der Waals surface area (Å²) >= 11 is 0. The van der Waals surface area contributed by atoms with Gasteiger partial charge in [-0.15, -0.1) is 0 Å². The van der Waals surface area contributed by atoms with E-state index in [0.717, 1.165) is 5.56 Å². The van der Waals surface area contributed by atoms with Crippen molar-refractivity contribution in [3.8, 4) is 5.69 Å². The number of hydrogen-bond acceptors (Lipinski definition) is 5. The van der Waals surface area contributed by atoms with Gasteiger partial charge in [0.2, 0.25) is 5.91 Å². The number of nitrogens with zero attached hydrogens (tertiary/aromatic N) is 5. The SMILES string of the molecule is CC(=O)N(C)c1cccc(-n2c(=O)c(Cc3cccnc3)nc3cccnc32)c1. The summed E-state index contributed by atoms with van der Waals surface area (Å²) < 4.78 is 1.55. The van der Waals surface area contributed by atoms with Gasteiger partial charge in [0.05, 0.1) is 5.69 Å². The molecule has 0 saturated carbocycles. The standard InChI is InChI=1S/C22H19N5O2/c1-15(28)26(2)17-7-3-8-18(13-17)27-21-19(9-5-11-24-21)25-20(22(27)29)12-16-6-4-10-23-14-16/h3-11,13-14H,12H2,1-2H3. The minimum absolute atomic E-state index is 0.0931. The number of carbonyl (C=O) groups excluding carboxylic acids is 1. The maximum Gasteiger partial charge on any atom is 0.278 e. The molecule has 144 valence electrons. The first-order valence-corrected chi connectivity index (χ1v) is 9.15. The lowest BCUT2D eigenvalue weighted by atomic mass is 10.1. The van der Waals surface area contributed by atoms with E-state index in [4.69, 9.17) is 0 Å². The van der Waals surface area contributed by atoms with Gasteiger partial charge in [-0.25, -0.2) is 9.97 Å². The van der Waals surface area contributed by atoms with Crippen molar-refractivity contribution < 1.29 is 4.79 Å². The molecule has 1 aromatic carbocycles. The molecule has 0 N–H and O–H groups in total. The summed E-state index contributed by atoms with van der Waals surface area (Å²) in [4.78, 5) is 39.7. The molecule has 7 nitrogen and oxygen atoms in total. The molecule has 0 atom stereocenters. The van der Waals surface area contributed by atoms with Crippen molar-refractivity contribution in [3.05, 3.63) is 88.7 Å². The van der Waals surface area contributed by atoms with Gasteiger partial charge >= 0.3 is 0 Å². The molecule has 3 heterocycles. The van der Waals surface area contributed by atoms with Crippen LogP contribution < -0.4 is 10.5 Å². The lowest BCUT2D eigenvalue weighted by Gasteiger charge is -2.17. The molecule has 1 amide bonds. The first-order valence-electron chi connectivity index (χ1n) is 9.15. The highest BCUT2D eigenvalue weighted by Gasteiger charge is 2.15. The second-order valence-electron chi connectivity index (χ2n) is 6.68. The van der Waals surface area contributed by atoms with Crippen LogP contribution in [0.3, 0.4) is 0 Å². The third-order valence-corrected chi connectivity index (χ3v) is 4.73. The summed E-state index contributed by atoms with van der Waals surface area (Å²) in [6.45, 7) is 1.49. The normalized spacial score (nSPS) is 10.8. The average Bonchev–Trinajstić information content (AvgIpc) is 2.74. The van der Waals surface area contributed by atoms with E-state index in [1.807, 2.05) is 36.4 Å². The molecular formula is C22H19N5O2. The van der Waals surface area contributed by atoms with E-state index in [-0.39, 0.29) is 11.5 Å². The molecule has 4 aromatic rings. The van der Waals surface area contributed by atoms with Crippen LogP contribution in [0.4, 0.5) is 5.69 Å². The third-order valence-electron chi connectivity index (χ3n) is 4.73. The van der Waals surface area contributed by atoms with Crippen molar-refractivity contribution in [2.45, 2.75) is 13.3 Å². The molecular weight excluding hydrogens is 366 g/mol. The van der Waals surface area contributed by atoms with E-state index in [1.54, 1.807) is 42.3 Å². The molecule has 0 spiro atoms. The molecule has 0 radical (unpaired) electrons. The summed E-state index contributed by atoms with van der Waals surface area (Å²) in [7, 11) is 1.70. The van der Waals surface area contributed by atoms with Crippen LogP contribution in [0.15, 0.2) is 71.9 Å². The molecule has 0 aliphatic carbocycles. The first-order chi connectivity index (χ1) is 14.0. The molecule has 4 rings (SSSR count). The maximum absolute atomic E-state index is 13.4. The topological polar surface area (TPSA) is 81.0 Å². The fraction of sp³-hybridized carbons (Fsp3) is 0.136. The molecule has 0 aliphatic rings. The highest BCUT2D eigenvalue weighted by molar-refractivity contribution is 5.91. The van der Waals surface area contributed by atoms with Crippen molar-refractivity contribution >= 4 is 22.8 Å². The summed E-state index contributed by atoms with van der Waals surface area (Å²) in [5, 5.41) is 0. The molecule has 29 heavy (non-hydrogen) atoms. The Labute approximate surface area is 167 Å². The third kappa shape index (κ3) is 3.62. The minimum atomic E-state index is -0.248. The zero-order valence-electron chi connectivity index (χ0n) is 16.1. The average molecular weight is 385 g/mol. The summed E-state index contributed by atoms with van der Waals surface area (Å²) in [5.74, 6) is -0.0931. The van der Waals surface area contributed by atoms with Crippen LogP contribution in [0.25, 0.3) is 16.9 Å². The van der Waals surface area contributed by atoms with Crippen LogP contribution in [-0.4, -0.2) is 32.5 Å². The van der Waals surface area contributed by atoms with Crippen LogP contribution in [0, 0.1) is 0 Å². The Morgan fingerprint density at radius 2 is 1.93 bits per heavy atom. The van der Waals surface area contributed by atoms with Gasteiger partial charge in [-0.3, -0.25) is 19.1 Å². The van der Waals surface area contributed by atoms with Gasteiger partial charge in [0.15, 0.2) is 5.65 Å². The lowest BCUT2D eigenvalue weighted by Crippen LogP contribution is -2.26. The Morgan fingerprint density at radius 3 is 2.69 bits per heavy atom. The van der Waals surface area contributed by atoms with Crippen molar-refractivity contribution in [1.82, 2.24) is 19.5 Å². The number of pyridine rings is 2. The smallest absolute Gasteiger partial charge is 0.278 e. The largest absolute Gasteiger partial charge is 0.316 e. The van der Waals surface area contributed by atoms with Gasteiger partial charge in [0.1, 0.15) is 11.2 Å². The van der Waals surface area contributed by atoms with E-state index in [2.05, 4.69) is 15.0 Å². The van der Waals surface area contributed by atoms with Crippen molar-refractivity contribution in [1.29, 1.82) is 0 Å². The van der Waals surface area contributed by atoms with E-state index in [9.17, 15) is 9.59 Å². The number of hydrogen-bond donors (Lipinski definition) is 0. The summed E-state index contributed by atoms with van der Waals surface area (Å²) in [6.07, 6.45) is 5.41. The predicted octanol–water partition coefficient (Wildman–Crippen LogP) is 2.75. The highest BCUT2D eigenvalue weighted by atomic mass is 16.2. The maximum atomic E-state index is 13.4. The Kier molecular flexibility index (Phi) is 4.87. The van der Waals surface area contributed by atoms with Crippen LogP contribution in [0.1, 0.15) is 18.2 Å². The minimum Gasteiger partial charge on any atom is -0.316 e. The molecule has 0 fully saturated rings. The van der Waals surface area contributed by atoms with Gasteiger partial charge in [0, 0.05) is 44.7 Å². The predicted molar refractivity (Wildman–Crippen MR) is 111 cm³/mol. The molecule has 0 aliphatic heterocycles. The van der Waals surface area contributed by atoms with E-state index in [0.29, 0.717) is 34.7 Å². The molecule has 0 saturated heterocycles. The zero-order valence-corrected chi connectivity index (χ0v) is 16.1. The van der Waals surface area contributed by atoms with Crippen LogP contribution in [-0.2, 0) is 11.2 Å². The van der Waals surface area contributed by atoms with Crippen molar-refractivity contribution in [2.75, 3.05) is 11.9 Å². The second kappa shape index (κ2) is 7.63. The number of benzene rings is 1. The Balaban J connectivity index is 1.92. The first kappa shape index (κ1) is 18.5. The molecule has 7 heteroatoms. The summed E-state index contributed by atoms with van der Waals surface area (Å²) in [5.41, 5.74) is 3.46. The molecule has 0 unspecified atom stereocenters. The number of carbonyl (C=O) groups is 1. The fourth-order valence-electron chi connectivity index (χ4n) is 3.14. The van der Waals surface area contributed by atoms with Gasteiger partial charge in [0.25, 0.3) is 5.56 Å². The molecule has 0 bridgehead atoms. The van der Waals surface area contributed by atoms with Gasteiger partial charge in [-0.05, 0) is 42.0 Å². The van der Waals surface area contributed by atoms with Gasteiger partial charge in [-0.1, -0.05) is 12.1 Å². The number of anilines is 1. The number of rotatable bonds is 4. The number of fused-ring (bicyclic) bond motifs is 1. The summed E-state index contributed by atoms with van der Waals surface area (Å²) in [6, 6.07) is 14.6. The molecule has 3 aromatic heterocycles. The lowest BCUT2D eigenvalue weighted by molar-refractivity contribution is -0.116. The number of aromatic nitrogens is 4. The highest BCUT2D eigenvalue weighted by Crippen LogP contribution is 2.20. The Bertz CT molecular complexity index is 1250. The quantitative estimate of drug-likeness (QED) is 0.540. The van der Waals surface area contributed by atoms with Crippen LogP contribution in [0.2, 0.25) is 0 Å².